The van der Waals surface area contributed by atoms with Gasteiger partial charge < -0.3 is 19.5 Å². The van der Waals surface area contributed by atoms with Crippen molar-refractivity contribution >= 4 is 23.3 Å². The fraction of sp³-hybridized carbons (Fsp3) is 0.296. The van der Waals surface area contributed by atoms with Crippen LogP contribution in [0.15, 0.2) is 59.5 Å². The Hall–Kier alpha value is -4.38. The number of amides is 2. The Morgan fingerprint density at radius 3 is 2.68 bits per heavy atom. The van der Waals surface area contributed by atoms with Crippen LogP contribution >= 0.6 is 0 Å². The summed E-state index contributed by atoms with van der Waals surface area (Å²) >= 11 is 0. The van der Waals surface area contributed by atoms with E-state index in [-0.39, 0.29) is 54.3 Å². The van der Waals surface area contributed by atoms with E-state index in [0.717, 1.165) is 11.8 Å². The van der Waals surface area contributed by atoms with Crippen molar-refractivity contribution in [2.75, 3.05) is 11.9 Å². The van der Waals surface area contributed by atoms with Crippen molar-refractivity contribution in [2.45, 2.75) is 46.0 Å². The van der Waals surface area contributed by atoms with Crippen molar-refractivity contribution in [1.29, 1.82) is 0 Å². The van der Waals surface area contributed by atoms with Crippen LogP contribution in [-0.4, -0.2) is 48.5 Å². The number of carbonyl (C=O) groups excluding carboxylic acids is 2. The van der Waals surface area contributed by atoms with Crippen LogP contribution in [0, 0.1) is 5.82 Å². The lowest BCUT2D eigenvalue weighted by Crippen LogP contribution is -2.37. The molecule has 0 aliphatic carbocycles. The molecule has 1 aliphatic rings. The number of hydrogen-bond acceptors (Lipinski definition) is 6. The number of pyridine rings is 1. The molecule has 0 radical (unpaired) electrons. The third-order valence-electron chi connectivity index (χ3n) is 6.48. The molecule has 38 heavy (non-hydrogen) atoms. The summed E-state index contributed by atoms with van der Waals surface area (Å²) in [5.41, 5.74) is 2.06. The van der Waals surface area contributed by atoms with Gasteiger partial charge >= 0.3 is 0 Å². The maximum atomic E-state index is 13.6. The molecule has 0 saturated heterocycles. The maximum absolute atomic E-state index is 13.6. The lowest BCUT2D eigenvalue weighted by atomic mass is 10.2. The standard InChI is InChI=1S/C27H27FN6O4/c1-3-20-11-24-33(14-23(35)30-22-10-9-19(28)12-29-22)25-21(26(36)34(24)31-20)13-32(27(25)37)17(2)15-38-16-18-7-5-4-6-8-18/h4-12,17H,3,13-16H2,1-2H3,(H,29,30,35). The van der Waals surface area contributed by atoms with Gasteiger partial charge in [-0.15, -0.1) is 0 Å². The van der Waals surface area contributed by atoms with Gasteiger partial charge in [0.1, 0.15) is 29.5 Å². The number of hydrogen-bond donors (Lipinski definition) is 1. The van der Waals surface area contributed by atoms with E-state index in [1.165, 1.54) is 21.2 Å². The van der Waals surface area contributed by atoms with Crippen LogP contribution in [0.4, 0.5) is 10.2 Å². The van der Waals surface area contributed by atoms with Crippen molar-refractivity contribution < 1.29 is 18.7 Å². The summed E-state index contributed by atoms with van der Waals surface area (Å²) in [6.07, 6.45) is 1.57. The molecular formula is C27H27FN6O4. The van der Waals surface area contributed by atoms with Gasteiger partial charge in [0.15, 0.2) is 0 Å². The first-order chi connectivity index (χ1) is 18.4. The second-order valence-corrected chi connectivity index (χ2v) is 9.17. The Bertz CT molecular complexity index is 1550. The topological polar surface area (TPSA) is 111 Å². The Morgan fingerprint density at radius 1 is 1.18 bits per heavy atom. The first-order valence-electron chi connectivity index (χ1n) is 12.3. The number of benzene rings is 1. The van der Waals surface area contributed by atoms with E-state index in [2.05, 4.69) is 15.4 Å². The van der Waals surface area contributed by atoms with Gasteiger partial charge in [0, 0.05) is 6.07 Å². The highest BCUT2D eigenvalue weighted by molar-refractivity contribution is 5.98. The molecule has 10 nitrogen and oxygen atoms in total. The lowest BCUT2D eigenvalue weighted by molar-refractivity contribution is -0.116. The molecule has 0 spiro atoms. The number of nitrogens with one attached hydrogen (secondary N) is 1. The van der Waals surface area contributed by atoms with Gasteiger partial charge in [0.2, 0.25) is 5.91 Å². The van der Waals surface area contributed by atoms with Crippen LogP contribution in [0.2, 0.25) is 0 Å². The first-order valence-corrected chi connectivity index (χ1v) is 12.3. The highest BCUT2D eigenvalue weighted by atomic mass is 19.1. The maximum Gasteiger partial charge on any atom is 0.280 e. The summed E-state index contributed by atoms with van der Waals surface area (Å²) in [5.74, 6) is -1.20. The van der Waals surface area contributed by atoms with Crippen LogP contribution in [0.3, 0.4) is 0 Å². The zero-order valence-corrected chi connectivity index (χ0v) is 21.1. The van der Waals surface area contributed by atoms with Gasteiger partial charge in [-0.25, -0.2) is 9.37 Å². The fourth-order valence-electron chi connectivity index (χ4n) is 4.51. The molecule has 0 fully saturated rings. The smallest absolute Gasteiger partial charge is 0.280 e. The average molecular weight is 519 g/mol. The summed E-state index contributed by atoms with van der Waals surface area (Å²) in [5, 5.41) is 7.00. The summed E-state index contributed by atoms with van der Waals surface area (Å²) in [7, 11) is 0. The van der Waals surface area contributed by atoms with E-state index in [4.69, 9.17) is 4.74 Å². The normalized spacial score (nSPS) is 13.7. The monoisotopic (exact) mass is 518 g/mol. The molecular weight excluding hydrogens is 491 g/mol. The number of ether oxygens (including phenoxy) is 1. The molecule has 1 unspecified atom stereocenters. The van der Waals surface area contributed by atoms with E-state index in [9.17, 15) is 18.8 Å². The van der Waals surface area contributed by atoms with Crippen LogP contribution in [-0.2, 0) is 35.6 Å². The number of nitrogens with zero attached hydrogens (tertiary/aromatic N) is 5. The van der Waals surface area contributed by atoms with Gasteiger partial charge in [0.05, 0.1) is 43.3 Å². The summed E-state index contributed by atoms with van der Waals surface area (Å²) < 4.78 is 21.8. The molecule has 2 amide bonds. The molecule has 0 saturated carbocycles. The Balaban J connectivity index is 1.42. The molecule has 4 heterocycles. The fourth-order valence-corrected chi connectivity index (χ4v) is 4.51. The second-order valence-electron chi connectivity index (χ2n) is 9.17. The number of halogens is 1. The van der Waals surface area contributed by atoms with E-state index >= 15 is 0 Å². The average Bonchev–Trinajstić information content (AvgIpc) is 3.51. The van der Waals surface area contributed by atoms with Crippen LogP contribution in [0.5, 0.6) is 0 Å². The van der Waals surface area contributed by atoms with Gasteiger partial charge in [-0.1, -0.05) is 37.3 Å². The summed E-state index contributed by atoms with van der Waals surface area (Å²) in [6, 6.07) is 13.6. The number of rotatable bonds is 9. The molecule has 196 valence electrons. The number of aryl methyl sites for hydroxylation is 1. The third-order valence-corrected chi connectivity index (χ3v) is 6.48. The quantitative estimate of drug-likeness (QED) is 0.365. The molecule has 5 rings (SSSR count). The van der Waals surface area contributed by atoms with Crippen molar-refractivity contribution in [3.8, 4) is 0 Å². The van der Waals surface area contributed by atoms with E-state index < -0.39 is 11.7 Å². The molecule has 1 aliphatic heterocycles. The Kier molecular flexibility index (Phi) is 7.01. The number of aromatic nitrogens is 4. The number of fused-ring (bicyclic) bond motifs is 2. The highest BCUT2D eigenvalue weighted by Crippen LogP contribution is 2.25. The van der Waals surface area contributed by atoms with E-state index in [0.29, 0.717) is 24.4 Å². The van der Waals surface area contributed by atoms with Crippen LogP contribution in [0.1, 0.15) is 41.2 Å². The largest absolute Gasteiger partial charge is 0.375 e. The van der Waals surface area contributed by atoms with Gasteiger partial charge in [-0.3, -0.25) is 14.4 Å². The van der Waals surface area contributed by atoms with Crippen molar-refractivity contribution in [3.63, 3.8) is 0 Å². The minimum absolute atomic E-state index is 0.0846. The SMILES string of the molecule is CCc1cc2n(CC(=O)Nc3ccc(F)cn3)c3c(c(=O)n2n1)CN(C(C)COCc1ccccc1)C3=O. The van der Waals surface area contributed by atoms with Gasteiger partial charge in [-0.2, -0.15) is 9.61 Å². The van der Waals surface area contributed by atoms with E-state index in [1.807, 2.05) is 44.2 Å². The van der Waals surface area contributed by atoms with Gasteiger partial charge in [-0.05, 0) is 31.0 Å². The molecule has 0 bridgehead atoms. The van der Waals surface area contributed by atoms with Gasteiger partial charge in [0.25, 0.3) is 11.5 Å². The lowest BCUT2D eigenvalue weighted by Gasteiger charge is -2.24. The third kappa shape index (κ3) is 4.92. The highest BCUT2D eigenvalue weighted by Gasteiger charge is 2.37. The Morgan fingerprint density at radius 2 is 1.97 bits per heavy atom. The molecule has 3 aromatic heterocycles. The summed E-state index contributed by atoms with van der Waals surface area (Å²) in [4.78, 5) is 45.4. The first kappa shape index (κ1) is 25.3. The minimum Gasteiger partial charge on any atom is -0.375 e. The van der Waals surface area contributed by atoms with Crippen molar-refractivity contribution in [3.05, 3.63) is 93.4 Å². The molecule has 1 N–H and O–H groups in total. The Labute approximate surface area is 217 Å². The molecule has 1 atom stereocenters. The minimum atomic E-state index is -0.526. The predicted molar refractivity (Wildman–Crippen MR) is 137 cm³/mol. The van der Waals surface area contributed by atoms with Crippen molar-refractivity contribution in [2.24, 2.45) is 0 Å². The summed E-state index contributed by atoms with van der Waals surface area (Å²) in [6.45, 7) is 4.26. The predicted octanol–water partition coefficient (Wildman–Crippen LogP) is 2.79. The number of anilines is 1. The molecule has 11 heteroatoms. The zero-order valence-electron chi connectivity index (χ0n) is 21.1. The second kappa shape index (κ2) is 10.5. The molecule has 1 aromatic carbocycles. The van der Waals surface area contributed by atoms with Crippen molar-refractivity contribution in [1.82, 2.24) is 24.1 Å². The van der Waals surface area contributed by atoms with Crippen LogP contribution in [0.25, 0.3) is 5.65 Å². The zero-order chi connectivity index (χ0) is 26.8. The number of carbonyl (C=O) groups is 2. The van der Waals surface area contributed by atoms with E-state index in [1.54, 1.807) is 11.0 Å². The molecule has 4 aromatic rings. The van der Waals surface area contributed by atoms with Crippen LogP contribution < -0.4 is 10.9 Å².